The number of rotatable bonds is 10. The number of amides is 1. The minimum atomic E-state index is -0.905. The molecule has 0 aliphatic heterocycles. The second-order valence-corrected chi connectivity index (χ2v) is 3.73. The second kappa shape index (κ2) is 11.2. The average molecular weight is 261 g/mol. The predicted molar refractivity (Wildman–Crippen MR) is 67.1 cm³/mol. The third kappa shape index (κ3) is 8.19. The fourth-order valence-corrected chi connectivity index (χ4v) is 1.20. The van der Waals surface area contributed by atoms with Crippen molar-refractivity contribution in [1.29, 1.82) is 0 Å². The van der Waals surface area contributed by atoms with Crippen LogP contribution in [0.4, 0.5) is 0 Å². The lowest BCUT2D eigenvalue weighted by Crippen LogP contribution is -2.46. The van der Waals surface area contributed by atoms with Crippen molar-refractivity contribution in [2.24, 2.45) is 0 Å². The molecule has 1 amide bonds. The monoisotopic (exact) mass is 261 g/mol. The summed E-state index contributed by atoms with van der Waals surface area (Å²) in [5.41, 5.74) is 0. The zero-order valence-corrected chi connectivity index (χ0v) is 11.0. The summed E-state index contributed by atoms with van der Waals surface area (Å²) in [5, 5.41) is 21.3. The van der Waals surface area contributed by atoms with Crippen molar-refractivity contribution in [1.82, 2.24) is 5.32 Å². The zero-order chi connectivity index (χ0) is 13.8. The molecule has 0 saturated carbocycles. The highest BCUT2D eigenvalue weighted by Gasteiger charge is 2.17. The molecule has 0 aromatic carbocycles. The van der Waals surface area contributed by atoms with Crippen molar-refractivity contribution in [3.63, 3.8) is 0 Å². The molecule has 106 valence electrons. The molecule has 18 heavy (non-hydrogen) atoms. The van der Waals surface area contributed by atoms with Gasteiger partial charge in [0.2, 0.25) is 5.91 Å². The summed E-state index contributed by atoms with van der Waals surface area (Å²) in [6.07, 6.45) is 3.20. The number of hydrogen-bond donors (Lipinski definition) is 3. The first-order valence-electron chi connectivity index (χ1n) is 5.97. The molecule has 0 spiro atoms. The van der Waals surface area contributed by atoms with Crippen molar-refractivity contribution in [2.75, 3.05) is 33.5 Å². The van der Waals surface area contributed by atoms with Crippen molar-refractivity contribution in [3.05, 3.63) is 12.2 Å². The van der Waals surface area contributed by atoms with Gasteiger partial charge in [-0.1, -0.05) is 19.1 Å². The van der Waals surface area contributed by atoms with Crippen LogP contribution in [-0.4, -0.2) is 61.8 Å². The maximum Gasteiger partial charge on any atom is 0.246 e. The number of aliphatic hydroxyl groups excluding tert-OH is 2. The predicted octanol–water partition coefficient (Wildman–Crippen LogP) is -0.546. The van der Waals surface area contributed by atoms with E-state index in [1.54, 1.807) is 19.3 Å². The molecule has 6 nitrogen and oxygen atoms in total. The van der Waals surface area contributed by atoms with Crippen LogP contribution >= 0.6 is 0 Å². The van der Waals surface area contributed by atoms with E-state index in [2.05, 4.69) is 5.32 Å². The van der Waals surface area contributed by atoms with E-state index in [0.717, 1.165) is 6.42 Å². The largest absolute Gasteiger partial charge is 0.394 e. The molecule has 0 rings (SSSR count). The fraction of sp³-hybridized carbons (Fsp3) is 0.750. The summed E-state index contributed by atoms with van der Waals surface area (Å²) in [6, 6.07) is -0.716. The first kappa shape index (κ1) is 17.1. The first-order valence-corrected chi connectivity index (χ1v) is 5.97. The lowest BCUT2D eigenvalue weighted by atomic mass is 10.1. The maximum atomic E-state index is 11.4. The van der Waals surface area contributed by atoms with E-state index < -0.39 is 12.1 Å². The molecule has 0 aliphatic carbocycles. The topological polar surface area (TPSA) is 88.0 Å². The van der Waals surface area contributed by atoms with Gasteiger partial charge >= 0.3 is 0 Å². The standard InChI is InChI=1S/C12H23NO5/c1-3-4-5-11(15)10(8-14)13-12(16)9-18-7-6-17-2/h4-5,10-11,14-15H,3,6-9H2,1-2H3,(H,13,16)/b5-4+/t10-,11+/m0/s1. The van der Waals surface area contributed by atoms with Crippen molar-refractivity contribution in [2.45, 2.75) is 25.5 Å². The first-order chi connectivity index (χ1) is 8.65. The van der Waals surface area contributed by atoms with Gasteiger partial charge < -0.3 is 25.0 Å². The van der Waals surface area contributed by atoms with Gasteiger partial charge in [0.15, 0.2) is 0 Å². The molecule has 0 heterocycles. The van der Waals surface area contributed by atoms with E-state index in [9.17, 15) is 9.90 Å². The minimum Gasteiger partial charge on any atom is -0.394 e. The van der Waals surface area contributed by atoms with Crippen LogP contribution in [0, 0.1) is 0 Å². The molecule has 0 unspecified atom stereocenters. The van der Waals surface area contributed by atoms with E-state index >= 15 is 0 Å². The van der Waals surface area contributed by atoms with Crippen LogP contribution in [0.3, 0.4) is 0 Å². The van der Waals surface area contributed by atoms with Gasteiger partial charge in [0, 0.05) is 7.11 Å². The number of carbonyl (C=O) groups excluding carboxylic acids is 1. The molecule has 0 saturated heterocycles. The van der Waals surface area contributed by atoms with Crippen LogP contribution in [0.5, 0.6) is 0 Å². The number of methoxy groups -OCH3 is 1. The van der Waals surface area contributed by atoms with Gasteiger partial charge in [-0.3, -0.25) is 4.79 Å². The highest BCUT2D eigenvalue weighted by atomic mass is 16.5. The smallest absolute Gasteiger partial charge is 0.246 e. The Hall–Kier alpha value is -0.950. The van der Waals surface area contributed by atoms with Crippen molar-refractivity contribution < 1.29 is 24.5 Å². The molecule has 0 aromatic heterocycles. The summed E-state index contributed by atoms with van der Waals surface area (Å²) in [4.78, 5) is 11.4. The Kier molecular flexibility index (Phi) is 10.6. The summed E-state index contributed by atoms with van der Waals surface area (Å²) >= 11 is 0. The molecular weight excluding hydrogens is 238 g/mol. The van der Waals surface area contributed by atoms with E-state index in [4.69, 9.17) is 14.6 Å². The van der Waals surface area contributed by atoms with Gasteiger partial charge in [-0.25, -0.2) is 0 Å². The normalized spacial score (nSPS) is 14.7. The van der Waals surface area contributed by atoms with Crippen molar-refractivity contribution in [3.8, 4) is 0 Å². The fourth-order valence-electron chi connectivity index (χ4n) is 1.20. The third-order valence-electron chi connectivity index (χ3n) is 2.19. The van der Waals surface area contributed by atoms with Crippen LogP contribution in [0.15, 0.2) is 12.2 Å². The Morgan fingerprint density at radius 1 is 1.44 bits per heavy atom. The minimum absolute atomic E-state index is 0.121. The molecular formula is C12H23NO5. The van der Waals surface area contributed by atoms with E-state index in [0.29, 0.717) is 13.2 Å². The lowest BCUT2D eigenvalue weighted by molar-refractivity contribution is -0.127. The maximum absolute atomic E-state index is 11.4. The number of nitrogens with one attached hydrogen (secondary N) is 1. The van der Waals surface area contributed by atoms with Crippen LogP contribution in [0.2, 0.25) is 0 Å². The molecule has 0 radical (unpaired) electrons. The number of hydrogen-bond acceptors (Lipinski definition) is 5. The van der Waals surface area contributed by atoms with Gasteiger partial charge in [-0.05, 0) is 6.42 Å². The van der Waals surface area contributed by atoms with E-state index in [1.807, 2.05) is 6.92 Å². The summed E-state index contributed by atoms with van der Waals surface area (Å²) in [5.74, 6) is -0.380. The second-order valence-electron chi connectivity index (χ2n) is 3.73. The van der Waals surface area contributed by atoms with Crippen LogP contribution in [0.1, 0.15) is 13.3 Å². The number of ether oxygens (including phenoxy) is 2. The molecule has 0 aliphatic rings. The Labute approximate surface area is 108 Å². The van der Waals surface area contributed by atoms with Gasteiger partial charge in [0.05, 0.1) is 32.0 Å². The SMILES string of the molecule is CC/C=C/[C@@H](O)[C@H](CO)NC(=O)COCCOC. The zero-order valence-electron chi connectivity index (χ0n) is 11.0. The van der Waals surface area contributed by atoms with Gasteiger partial charge in [-0.15, -0.1) is 0 Å². The molecule has 0 bridgehead atoms. The molecule has 6 heteroatoms. The number of allylic oxidation sites excluding steroid dienone is 1. The quantitative estimate of drug-likeness (QED) is 0.363. The molecule has 2 atom stereocenters. The van der Waals surface area contributed by atoms with Gasteiger partial charge in [0.25, 0.3) is 0 Å². The molecule has 0 aromatic rings. The Morgan fingerprint density at radius 2 is 2.17 bits per heavy atom. The molecule has 3 N–H and O–H groups in total. The highest BCUT2D eigenvalue weighted by molar-refractivity contribution is 5.77. The molecule has 0 fully saturated rings. The van der Waals surface area contributed by atoms with Gasteiger partial charge in [-0.2, -0.15) is 0 Å². The number of aliphatic hydroxyl groups is 2. The lowest BCUT2D eigenvalue weighted by Gasteiger charge is -2.19. The summed E-state index contributed by atoms with van der Waals surface area (Å²) in [7, 11) is 1.54. The Balaban J connectivity index is 3.96. The van der Waals surface area contributed by atoms with Crippen LogP contribution in [0.25, 0.3) is 0 Å². The number of carbonyl (C=O) groups is 1. The van der Waals surface area contributed by atoms with Gasteiger partial charge in [0.1, 0.15) is 6.61 Å². The van der Waals surface area contributed by atoms with Crippen LogP contribution in [-0.2, 0) is 14.3 Å². The van der Waals surface area contributed by atoms with E-state index in [1.165, 1.54) is 0 Å². The van der Waals surface area contributed by atoms with E-state index in [-0.39, 0.29) is 19.1 Å². The average Bonchev–Trinajstić information content (AvgIpc) is 2.38. The Morgan fingerprint density at radius 3 is 2.72 bits per heavy atom. The van der Waals surface area contributed by atoms with Crippen LogP contribution < -0.4 is 5.32 Å². The summed E-state index contributed by atoms with van der Waals surface area (Å²) in [6.45, 7) is 2.22. The summed E-state index contributed by atoms with van der Waals surface area (Å²) < 4.78 is 9.79. The Bertz CT molecular complexity index is 245. The van der Waals surface area contributed by atoms with Crippen molar-refractivity contribution >= 4 is 5.91 Å². The highest BCUT2D eigenvalue weighted by Crippen LogP contribution is 1.97. The third-order valence-corrected chi connectivity index (χ3v) is 2.19.